The fourth-order valence-corrected chi connectivity index (χ4v) is 1.87. The zero-order valence-electron chi connectivity index (χ0n) is 7.49. The van der Waals surface area contributed by atoms with Gasteiger partial charge in [0, 0.05) is 6.42 Å². The number of hydrogen-bond acceptors (Lipinski definition) is 2. The van der Waals surface area contributed by atoms with Crippen LogP contribution in [-0.4, -0.2) is 35.8 Å². The van der Waals surface area contributed by atoms with Crippen LogP contribution in [0.15, 0.2) is 0 Å². The van der Waals surface area contributed by atoms with Crippen molar-refractivity contribution in [1.82, 2.24) is 5.32 Å². The maximum absolute atomic E-state index is 11.7. The molecule has 0 aromatic carbocycles. The van der Waals surface area contributed by atoms with Crippen LogP contribution in [0.4, 0.5) is 13.2 Å². The normalized spacial score (nSPS) is 14.5. The quantitative estimate of drug-likeness (QED) is 0.537. The fourth-order valence-electron chi connectivity index (χ4n) is 0.742. The standard InChI is InChI=1S/C7H14F3NOS/c1-11-4-2-5-13(12)6-3-7(8,9)10/h11H,2-6H2,1H3. The summed E-state index contributed by atoms with van der Waals surface area (Å²) in [6.45, 7) is 0.692. The Morgan fingerprint density at radius 3 is 2.38 bits per heavy atom. The largest absolute Gasteiger partial charge is 0.616 e. The number of nitrogens with one attached hydrogen (secondary N) is 1. The second-order valence-corrected chi connectivity index (χ2v) is 4.37. The maximum atomic E-state index is 11.7. The monoisotopic (exact) mass is 217 g/mol. The van der Waals surface area contributed by atoms with Crippen molar-refractivity contribution in [2.45, 2.75) is 19.0 Å². The van der Waals surface area contributed by atoms with Gasteiger partial charge in [-0.3, -0.25) is 0 Å². The Hall–Kier alpha value is 0.0600. The minimum Gasteiger partial charge on any atom is -0.616 e. The average Bonchev–Trinajstić information content (AvgIpc) is 2.00. The number of alkyl halides is 3. The van der Waals surface area contributed by atoms with Crippen LogP contribution in [0, 0.1) is 0 Å². The lowest BCUT2D eigenvalue weighted by Crippen LogP contribution is -2.20. The molecule has 0 aliphatic rings. The predicted molar refractivity (Wildman–Crippen MR) is 47.1 cm³/mol. The molecule has 0 aliphatic carbocycles. The van der Waals surface area contributed by atoms with E-state index in [1.807, 2.05) is 0 Å². The van der Waals surface area contributed by atoms with Gasteiger partial charge in [-0.05, 0) is 13.6 Å². The van der Waals surface area contributed by atoms with Crippen molar-refractivity contribution in [3.8, 4) is 0 Å². The minimum atomic E-state index is -4.18. The molecular weight excluding hydrogens is 203 g/mol. The molecule has 1 unspecified atom stereocenters. The lowest BCUT2D eigenvalue weighted by molar-refractivity contribution is -0.129. The molecule has 0 fully saturated rings. The first-order valence-electron chi connectivity index (χ1n) is 4.02. The Bertz CT molecular complexity index is 131. The van der Waals surface area contributed by atoms with Crippen molar-refractivity contribution < 1.29 is 17.7 Å². The van der Waals surface area contributed by atoms with Crippen molar-refractivity contribution in [2.75, 3.05) is 25.1 Å². The van der Waals surface area contributed by atoms with E-state index in [0.29, 0.717) is 18.7 Å². The lowest BCUT2D eigenvalue weighted by atomic mass is 10.5. The molecule has 2 nitrogen and oxygen atoms in total. The van der Waals surface area contributed by atoms with Crippen LogP contribution >= 0.6 is 0 Å². The molecule has 0 heterocycles. The second-order valence-electron chi connectivity index (χ2n) is 2.67. The molecule has 1 N–H and O–H groups in total. The fraction of sp³-hybridized carbons (Fsp3) is 1.00. The minimum absolute atomic E-state index is 0.271. The molecular formula is C7H14F3NOS. The van der Waals surface area contributed by atoms with Gasteiger partial charge >= 0.3 is 6.18 Å². The van der Waals surface area contributed by atoms with Crippen molar-refractivity contribution in [1.29, 1.82) is 0 Å². The van der Waals surface area contributed by atoms with Crippen molar-refractivity contribution in [2.24, 2.45) is 0 Å². The molecule has 0 aliphatic heterocycles. The first-order valence-corrected chi connectivity index (χ1v) is 5.51. The van der Waals surface area contributed by atoms with E-state index in [9.17, 15) is 17.7 Å². The van der Waals surface area contributed by atoms with E-state index in [-0.39, 0.29) is 5.75 Å². The highest BCUT2D eigenvalue weighted by Gasteiger charge is 2.29. The first-order chi connectivity index (χ1) is 5.95. The van der Waals surface area contributed by atoms with Crippen LogP contribution in [0.1, 0.15) is 12.8 Å². The van der Waals surface area contributed by atoms with Gasteiger partial charge in [0.15, 0.2) is 0 Å². The zero-order valence-corrected chi connectivity index (χ0v) is 8.30. The molecule has 0 aromatic rings. The lowest BCUT2D eigenvalue weighted by Gasteiger charge is -2.11. The molecule has 0 spiro atoms. The Balaban J connectivity index is 3.35. The van der Waals surface area contributed by atoms with E-state index in [1.54, 1.807) is 7.05 Å². The van der Waals surface area contributed by atoms with Gasteiger partial charge in [0.1, 0.15) is 11.5 Å². The number of halogens is 3. The van der Waals surface area contributed by atoms with E-state index < -0.39 is 23.8 Å². The summed E-state index contributed by atoms with van der Waals surface area (Å²) in [6.07, 6.45) is -4.47. The molecule has 0 radical (unpaired) electrons. The smallest absolute Gasteiger partial charge is 0.393 e. The van der Waals surface area contributed by atoms with Gasteiger partial charge in [0.2, 0.25) is 0 Å². The van der Waals surface area contributed by atoms with Crippen LogP contribution < -0.4 is 5.32 Å². The summed E-state index contributed by atoms with van der Waals surface area (Å²) in [7, 11) is 1.75. The maximum Gasteiger partial charge on any atom is 0.393 e. The molecule has 6 heteroatoms. The van der Waals surface area contributed by atoms with Crippen molar-refractivity contribution in [3.05, 3.63) is 0 Å². The number of rotatable bonds is 6. The number of hydrogen-bond donors (Lipinski definition) is 1. The van der Waals surface area contributed by atoms with E-state index in [1.165, 1.54) is 0 Å². The molecule has 0 amide bonds. The third-order valence-corrected chi connectivity index (χ3v) is 2.82. The van der Waals surface area contributed by atoms with Gasteiger partial charge < -0.3 is 9.87 Å². The Labute approximate surface area is 79.1 Å². The van der Waals surface area contributed by atoms with Gasteiger partial charge in [0.05, 0.1) is 6.42 Å². The van der Waals surface area contributed by atoms with Crippen LogP contribution in [0.25, 0.3) is 0 Å². The first kappa shape index (κ1) is 13.1. The molecule has 0 saturated heterocycles. The Morgan fingerprint density at radius 1 is 1.31 bits per heavy atom. The zero-order chi connectivity index (χ0) is 10.3. The van der Waals surface area contributed by atoms with Gasteiger partial charge in [0.25, 0.3) is 0 Å². The molecule has 0 saturated carbocycles. The van der Waals surface area contributed by atoms with Gasteiger partial charge in [-0.2, -0.15) is 13.2 Å². The van der Waals surface area contributed by atoms with E-state index >= 15 is 0 Å². The topological polar surface area (TPSA) is 35.1 Å². The van der Waals surface area contributed by atoms with E-state index in [2.05, 4.69) is 5.32 Å². The van der Waals surface area contributed by atoms with Gasteiger partial charge in [-0.1, -0.05) is 11.2 Å². The Morgan fingerprint density at radius 2 is 1.92 bits per heavy atom. The summed E-state index contributed by atoms with van der Waals surface area (Å²) < 4.78 is 45.9. The van der Waals surface area contributed by atoms with Crippen LogP contribution in [0.5, 0.6) is 0 Å². The van der Waals surface area contributed by atoms with Crippen LogP contribution in [0.3, 0.4) is 0 Å². The molecule has 1 atom stereocenters. The summed E-state index contributed by atoms with van der Waals surface area (Å²) in [5.74, 6) is 0.0735. The molecule has 80 valence electrons. The highest BCUT2D eigenvalue weighted by Crippen LogP contribution is 2.20. The Kier molecular flexibility index (Phi) is 6.53. The summed E-state index contributed by atoms with van der Waals surface area (Å²) in [5.41, 5.74) is 0. The molecule has 0 rings (SSSR count). The highest BCUT2D eigenvalue weighted by molar-refractivity contribution is 7.91. The molecule has 13 heavy (non-hydrogen) atoms. The van der Waals surface area contributed by atoms with Crippen molar-refractivity contribution in [3.63, 3.8) is 0 Å². The van der Waals surface area contributed by atoms with Crippen molar-refractivity contribution >= 4 is 11.2 Å². The van der Waals surface area contributed by atoms with Crippen LogP contribution in [0.2, 0.25) is 0 Å². The van der Waals surface area contributed by atoms with Gasteiger partial charge in [-0.15, -0.1) is 0 Å². The van der Waals surface area contributed by atoms with E-state index in [4.69, 9.17) is 0 Å². The third kappa shape index (κ3) is 9.98. The highest BCUT2D eigenvalue weighted by atomic mass is 32.2. The second kappa shape index (κ2) is 6.50. The summed E-state index contributed by atoms with van der Waals surface area (Å²) in [6, 6.07) is 0. The summed E-state index contributed by atoms with van der Waals surface area (Å²) in [4.78, 5) is 0. The average molecular weight is 217 g/mol. The van der Waals surface area contributed by atoms with E-state index in [0.717, 1.165) is 0 Å². The summed E-state index contributed by atoms with van der Waals surface area (Å²) >= 11 is -1.33. The summed E-state index contributed by atoms with van der Waals surface area (Å²) in [5, 5.41) is 2.84. The van der Waals surface area contributed by atoms with Gasteiger partial charge in [-0.25, -0.2) is 0 Å². The third-order valence-electron chi connectivity index (χ3n) is 1.41. The molecule has 0 bridgehead atoms. The SMILES string of the molecule is CNCCC[S+]([O-])CCC(F)(F)F. The predicted octanol–water partition coefficient (Wildman–Crippen LogP) is 1.30. The molecule has 0 aromatic heterocycles. The van der Waals surface area contributed by atoms with Crippen LogP contribution in [-0.2, 0) is 11.2 Å².